The lowest BCUT2D eigenvalue weighted by atomic mass is 10.2. The van der Waals surface area contributed by atoms with E-state index in [4.69, 9.17) is 16.9 Å². The van der Waals surface area contributed by atoms with Crippen LogP contribution in [0.3, 0.4) is 0 Å². The van der Waals surface area contributed by atoms with Crippen molar-refractivity contribution in [2.75, 3.05) is 6.54 Å². The number of sulfonamides is 1. The van der Waals surface area contributed by atoms with E-state index in [0.717, 1.165) is 4.88 Å². The van der Waals surface area contributed by atoms with Gasteiger partial charge in [0.2, 0.25) is 10.0 Å². The van der Waals surface area contributed by atoms with Gasteiger partial charge in [0.15, 0.2) is 0 Å². The smallest absolute Gasteiger partial charge is 0.207 e. The topological polar surface area (TPSA) is 61.2 Å². The summed E-state index contributed by atoms with van der Waals surface area (Å²) in [6, 6.07) is 9.94. The molecule has 1 heterocycles. The molecule has 0 saturated heterocycles. The van der Waals surface area contributed by atoms with Crippen LogP contribution in [0.2, 0.25) is 5.02 Å². The number of halogens is 1. The molecule has 0 atom stereocenters. The highest BCUT2D eigenvalue weighted by Crippen LogP contribution is 2.27. The number of thiophene rings is 1. The van der Waals surface area contributed by atoms with Crippen molar-refractivity contribution in [2.24, 2.45) is 0 Å². The Morgan fingerprint density at radius 1 is 1.38 bits per heavy atom. The van der Waals surface area contributed by atoms with E-state index >= 15 is 0 Å². The van der Waals surface area contributed by atoms with E-state index < -0.39 is 10.0 Å². The molecule has 0 bridgehead atoms. The summed E-state index contributed by atoms with van der Waals surface area (Å²) in [7, 11) is -3.73. The van der Waals surface area contributed by atoms with E-state index in [9.17, 15) is 8.42 Å². The second-order valence-electron chi connectivity index (χ2n) is 4.27. The number of benzene rings is 1. The van der Waals surface area contributed by atoms with E-state index in [1.165, 1.54) is 33.8 Å². The molecule has 0 fully saturated rings. The number of hydrogen-bond donors (Lipinski definition) is 0. The molecule has 4 nitrogen and oxygen atoms in total. The first-order chi connectivity index (χ1) is 9.98. The average Bonchev–Trinajstić information content (AvgIpc) is 2.98. The van der Waals surface area contributed by atoms with Crippen molar-refractivity contribution in [2.45, 2.75) is 18.4 Å². The summed E-state index contributed by atoms with van der Waals surface area (Å²) in [6.45, 7) is 2.39. The Labute approximate surface area is 133 Å². The van der Waals surface area contributed by atoms with Crippen molar-refractivity contribution in [3.8, 4) is 6.07 Å². The second kappa shape index (κ2) is 6.58. The van der Waals surface area contributed by atoms with Gasteiger partial charge < -0.3 is 0 Å². The van der Waals surface area contributed by atoms with E-state index in [0.29, 0.717) is 13.1 Å². The maximum absolute atomic E-state index is 12.7. The molecule has 0 saturated carbocycles. The Balaban J connectivity index is 2.42. The molecule has 0 spiro atoms. The van der Waals surface area contributed by atoms with E-state index in [1.807, 2.05) is 23.6 Å². The first kappa shape index (κ1) is 16.0. The van der Waals surface area contributed by atoms with Crippen molar-refractivity contribution < 1.29 is 8.42 Å². The summed E-state index contributed by atoms with van der Waals surface area (Å²) in [5.41, 5.74) is 0.269. The first-order valence-electron chi connectivity index (χ1n) is 6.21. The monoisotopic (exact) mass is 340 g/mol. The lowest BCUT2D eigenvalue weighted by Gasteiger charge is -2.20. The molecule has 2 aromatic rings. The van der Waals surface area contributed by atoms with Crippen LogP contribution in [-0.4, -0.2) is 19.3 Å². The van der Waals surface area contributed by atoms with Crippen LogP contribution in [0.4, 0.5) is 0 Å². The lowest BCUT2D eigenvalue weighted by Crippen LogP contribution is -2.30. The van der Waals surface area contributed by atoms with Gasteiger partial charge >= 0.3 is 0 Å². The molecule has 7 heteroatoms. The standard InChI is InChI=1S/C14H13ClN2O2S2/c1-2-17(10-12-4-3-7-20-12)21(18,19)14-8-11(9-16)5-6-13(14)15/h3-8H,2,10H2,1H3. The van der Waals surface area contributed by atoms with E-state index in [-0.39, 0.29) is 15.5 Å². The molecule has 21 heavy (non-hydrogen) atoms. The lowest BCUT2D eigenvalue weighted by molar-refractivity contribution is 0.426. The Bertz CT molecular complexity index is 765. The Morgan fingerprint density at radius 3 is 2.71 bits per heavy atom. The molecule has 0 aliphatic heterocycles. The minimum Gasteiger partial charge on any atom is -0.207 e. The first-order valence-corrected chi connectivity index (χ1v) is 8.91. The van der Waals surface area contributed by atoms with Gasteiger partial charge in [0.1, 0.15) is 4.90 Å². The fourth-order valence-electron chi connectivity index (χ4n) is 1.85. The van der Waals surface area contributed by atoms with Crippen LogP contribution in [0.15, 0.2) is 40.6 Å². The predicted octanol–water partition coefficient (Wildman–Crippen LogP) is 3.48. The maximum atomic E-state index is 12.7. The van der Waals surface area contributed by atoms with Gasteiger partial charge in [0, 0.05) is 18.0 Å². The third kappa shape index (κ3) is 3.44. The van der Waals surface area contributed by atoms with Gasteiger partial charge in [-0.3, -0.25) is 0 Å². The normalized spacial score (nSPS) is 11.5. The highest BCUT2D eigenvalue weighted by atomic mass is 35.5. The highest BCUT2D eigenvalue weighted by molar-refractivity contribution is 7.89. The summed E-state index contributed by atoms with van der Waals surface area (Å²) in [5.74, 6) is 0. The zero-order chi connectivity index (χ0) is 15.5. The minimum absolute atomic E-state index is 0.0263. The van der Waals surface area contributed by atoms with Gasteiger partial charge in [-0.05, 0) is 29.6 Å². The van der Waals surface area contributed by atoms with Gasteiger partial charge in [-0.25, -0.2) is 8.42 Å². The van der Waals surface area contributed by atoms with Crippen molar-refractivity contribution in [1.29, 1.82) is 5.26 Å². The molecule has 2 rings (SSSR count). The summed E-state index contributed by atoms with van der Waals surface area (Å²) < 4.78 is 26.8. The van der Waals surface area contributed by atoms with Crippen molar-refractivity contribution in [3.05, 3.63) is 51.2 Å². The van der Waals surface area contributed by atoms with Crippen LogP contribution in [0.25, 0.3) is 0 Å². The summed E-state index contributed by atoms with van der Waals surface area (Å²) in [5, 5.41) is 10.9. The molecule has 110 valence electrons. The number of nitriles is 1. The van der Waals surface area contributed by atoms with Gasteiger partial charge in [-0.2, -0.15) is 9.57 Å². The van der Waals surface area contributed by atoms with Gasteiger partial charge in [-0.15, -0.1) is 11.3 Å². The van der Waals surface area contributed by atoms with E-state index in [1.54, 1.807) is 6.92 Å². The van der Waals surface area contributed by atoms with Crippen molar-refractivity contribution in [1.82, 2.24) is 4.31 Å². The second-order valence-corrected chi connectivity index (χ2v) is 7.61. The number of nitrogens with zero attached hydrogens (tertiary/aromatic N) is 2. The van der Waals surface area contributed by atoms with Crippen molar-refractivity contribution in [3.63, 3.8) is 0 Å². The van der Waals surface area contributed by atoms with E-state index in [2.05, 4.69) is 0 Å². The minimum atomic E-state index is -3.73. The largest absolute Gasteiger partial charge is 0.244 e. The zero-order valence-electron chi connectivity index (χ0n) is 11.3. The Morgan fingerprint density at radius 2 is 2.14 bits per heavy atom. The van der Waals surface area contributed by atoms with Gasteiger partial charge in [0.05, 0.1) is 16.7 Å². The highest BCUT2D eigenvalue weighted by Gasteiger charge is 2.26. The third-order valence-electron chi connectivity index (χ3n) is 2.94. The Kier molecular flexibility index (Phi) is 5.01. The van der Waals surface area contributed by atoms with Crippen LogP contribution in [0.5, 0.6) is 0 Å². The van der Waals surface area contributed by atoms with Crippen LogP contribution < -0.4 is 0 Å². The fraction of sp³-hybridized carbons (Fsp3) is 0.214. The molecule has 0 N–H and O–H groups in total. The van der Waals surface area contributed by atoms with Gasteiger partial charge in [-0.1, -0.05) is 24.6 Å². The molecule has 0 aliphatic carbocycles. The maximum Gasteiger partial charge on any atom is 0.244 e. The number of rotatable bonds is 5. The van der Waals surface area contributed by atoms with Crippen LogP contribution in [-0.2, 0) is 16.6 Å². The predicted molar refractivity (Wildman–Crippen MR) is 83.8 cm³/mol. The summed E-state index contributed by atoms with van der Waals surface area (Å²) in [4.78, 5) is 0.926. The quantitative estimate of drug-likeness (QED) is 0.837. The number of hydrogen-bond acceptors (Lipinski definition) is 4. The SMILES string of the molecule is CCN(Cc1cccs1)S(=O)(=O)c1cc(C#N)ccc1Cl. The molecular weight excluding hydrogens is 328 g/mol. The van der Waals surface area contributed by atoms with Gasteiger partial charge in [0.25, 0.3) is 0 Å². The van der Waals surface area contributed by atoms with Crippen LogP contribution >= 0.6 is 22.9 Å². The Hall–Kier alpha value is -1.39. The molecule has 1 aromatic heterocycles. The average molecular weight is 341 g/mol. The molecule has 0 unspecified atom stereocenters. The molecular formula is C14H13ClN2O2S2. The summed E-state index contributed by atoms with van der Waals surface area (Å²) >= 11 is 7.51. The zero-order valence-corrected chi connectivity index (χ0v) is 13.7. The molecule has 0 radical (unpaired) electrons. The fourth-order valence-corrected chi connectivity index (χ4v) is 4.58. The summed E-state index contributed by atoms with van der Waals surface area (Å²) in [6.07, 6.45) is 0. The molecule has 1 aromatic carbocycles. The van der Waals surface area contributed by atoms with Crippen LogP contribution in [0, 0.1) is 11.3 Å². The van der Waals surface area contributed by atoms with Crippen molar-refractivity contribution >= 4 is 33.0 Å². The van der Waals surface area contributed by atoms with Crippen LogP contribution in [0.1, 0.15) is 17.4 Å². The molecule has 0 aliphatic rings. The molecule has 0 amide bonds. The third-order valence-corrected chi connectivity index (χ3v) is 6.21.